The lowest BCUT2D eigenvalue weighted by Crippen LogP contribution is -2.04. The molecule has 2 rings (SSSR count). The number of hydrogen-bond donors (Lipinski definition) is 2. The first-order chi connectivity index (χ1) is 14.4. The summed E-state index contributed by atoms with van der Waals surface area (Å²) >= 11 is 0. The fraction of sp³-hybridized carbons (Fsp3) is 0.500. The van der Waals surface area contributed by atoms with Crippen LogP contribution in [0.25, 0.3) is 0 Å². The van der Waals surface area contributed by atoms with Crippen LogP contribution in [-0.2, 0) is 16.5 Å². The zero-order valence-electron chi connectivity index (χ0n) is 17.8. The monoisotopic (exact) mass is 434 g/mol. The first-order valence-corrected chi connectivity index (χ1v) is 12.4. The van der Waals surface area contributed by atoms with E-state index in [-0.39, 0.29) is 10.6 Å². The summed E-state index contributed by atoms with van der Waals surface area (Å²) in [6, 6.07) is 10.9. The maximum Gasteiger partial charge on any atom is 0.294 e. The molecule has 0 radical (unpaired) electrons. The van der Waals surface area contributed by atoms with Crippen molar-refractivity contribution in [1.29, 1.82) is 0 Å². The Morgan fingerprint density at radius 1 is 0.767 bits per heavy atom. The van der Waals surface area contributed by atoms with Gasteiger partial charge in [-0.05, 0) is 48.7 Å². The summed E-state index contributed by atoms with van der Waals surface area (Å²) < 4.78 is 39.0. The van der Waals surface area contributed by atoms with Crippen molar-refractivity contribution in [3.8, 4) is 17.2 Å². The molecule has 0 aliphatic heterocycles. The van der Waals surface area contributed by atoms with Crippen molar-refractivity contribution < 1.29 is 22.8 Å². The first-order valence-electron chi connectivity index (χ1n) is 11.0. The Bertz CT molecular complexity index is 860. The van der Waals surface area contributed by atoms with E-state index in [1.165, 1.54) is 63.1 Å². The molecule has 0 aliphatic rings. The molecule has 0 saturated carbocycles. The molecule has 30 heavy (non-hydrogen) atoms. The third kappa shape index (κ3) is 8.76. The van der Waals surface area contributed by atoms with E-state index in [9.17, 15) is 18.1 Å². The molecule has 0 unspecified atom stereocenters. The van der Waals surface area contributed by atoms with Crippen LogP contribution in [0.15, 0.2) is 47.4 Å². The summed E-state index contributed by atoms with van der Waals surface area (Å²) in [5.41, 5.74) is 0.607. The Hall–Kier alpha value is -2.05. The highest BCUT2D eigenvalue weighted by atomic mass is 32.2. The fourth-order valence-electron chi connectivity index (χ4n) is 3.50. The van der Waals surface area contributed by atoms with E-state index < -0.39 is 10.1 Å². The number of ether oxygens (including phenoxy) is 1. The van der Waals surface area contributed by atoms with E-state index in [4.69, 9.17) is 4.74 Å². The van der Waals surface area contributed by atoms with E-state index >= 15 is 0 Å². The van der Waals surface area contributed by atoms with Crippen molar-refractivity contribution >= 4 is 10.1 Å². The first kappa shape index (κ1) is 24.2. The Morgan fingerprint density at radius 2 is 1.30 bits per heavy atom. The molecule has 2 aromatic carbocycles. The van der Waals surface area contributed by atoms with Gasteiger partial charge < -0.3 is 9.84 Å². The minimum Gasteiger partial charge on any atom is -0.508 e. The predicted octanol–water partition coefficient (Wildman–Crippen LogP) is 6.89. The quantitative estimate of drug-likeness (QED) is 0.250. The van der Waals surface area contributed by atoms with Crippen LogP contribution in [-0.4, -0.2) is 18.1 Å². The molecule has 0 atom stereocenters. The minimum absolute atomic E-state index is 0.102. The van der Waals surface area contributed by atoms with Crippen LogP contribution in [0.1, 0.15) is 76.7 Å². The zero-order chi connectivity index (χ0) is 21.8. The Labute approximate surface area is 180 Å². The second-order valence-corrected chi connectivity index (χ2v) is 9.16. The lowest BCUT2D eigenvalue weighted by Gasteiger charge is -2.11. The van der Waals surface area contributed by atoms with Crippen LogP contribution in [0.4, 0.5) is 0 Å². The van der Waals surface area contributed by atoms with Crippen LogP contribution in [0.2, 0.25) is 0 Å². The highest BCUT2D eigenvalue weighted by Crippen LogP contribution is 2.28. The van der Waals surface area contributed by atoms with Crippen molar-refractivity contribution in [2.75, 3.05) is 0 Å². The summed E-state index contributed by atoms with van der Waals surface area (Å²) in [5.74, 6) is 0.907. The number of unbranched alkanes of at least 4 members (excludes halogenated alkanes) is 9. The van der Waals surface area contributed by atoms with Crippen LogP contribution >= 0.6 is 0 Å². The minimum atomic E-state index is -4.34. The van der Waals surface area contributed by atoms with Gasteiger partial charge >= 0.3 is 0 Å². The molecule has 0 amide bonds. The molecule has 0 saturated heterocycles. The number of hydrogen-bond acceptors (Lipinski definition) is 4. The molecule has 0 spiro atoms. The predicted molar refractivity (Wildman–Crippen MR) is 120 cm³/mol. The second-order valence-electron chi connectivity index (χ2n) is 7.77. The Balaban J connectivity index is 1.84. The van der Waals surface area contributed by atoms with Gasteiger partial charge in [-0.3, -0.25) is 4.55 Å². The molecule has 2 aromatic rings. The Kier molecular flexibility index (Phi) is 10.2. The van der Waals surface area contributed by atoms with Crippen molar-refractivity contribution in [1.82, 2.24) is 0 Å². The van der Waals surface area contributed by atoms with Gasteiger partial charge in [-0.15, -0.1) is 0 Å². The van der Waals surface area contributed by atoms with Crippen LogP contribution in [0, 0.1) is 0 Å². The molecule has 2 N–H and O–H groups in total. The number of aromatic hydroxyl groups is 1. The van der Waals surface area contributed by atoms with Crippen LogP contribution in [0.5, 0.6) is 17.2 Å². The van der Waals surface area contributed by atoms with E-state index in [0.29, 0.717) is 23.5 Å². The molecular weight excluding hydrogens is 400 g/mol. The average molecular weight is 435 g/mol. The van der Waals surface area contributed by atoms with Crippen LogP contribution < -0.4 is 4.74 Å². The number of benzene rings is 2. The zero-order valence-corrected chi connectivity index (χ0v) is 18.7. The lowest BCUT2D eigenvalue weighted by molar-refractivity contribution is 0.461. The maximum atomic E-state index is 11.9. The highest BCUT2D eigenvalue weighted by Gasteiger charge is 2.17. The van der Waals surface area contributed by atoms with Crippen LogP contribution in [0.3, 0.4) is 0 Å². The molecule has 0 aliphatic carbocycles. The van der Waals surface area contributed by atoms with Crippen molar-refractivity contribution in [2.45, 2.75) is 82.4 Å². The number of aryl methyl sites for hydroxylation is 1. The van der Waals surface area contributed by atoms with E-state index in [0.717, 1.165) is 19.3 Å². The summed E-state index contributed by atoms with van der Waals surface area (Å²) in [6.45, 7) is 2.23. The van der Waals surface area contributed by atoms with Gasteiger partial charge in [-0.2, -0.15) is 8.42 Å². The van der Waals surface area contributed by atoms with Gasteiger partial charge in [0.2, 0.25) is 0 Å². The summed E-state index contributed by atoms with van der Waals surface area (Å²) in [7, 11) is -4.34. The molecule has 0 heterocycles. The maximum absolute atomic E-state index is 11.9. The smallest absolute Gasteiger partial charge is 0.294 e. The summed E-state index contributed by atoms with van der Waals surface area (Å²) in [5, 5.41) is 9.34. The van der Waals surface area contributed by atoms with E-state index in [1.54, 1.807) is 24.3 Å². The SMILES string of the molecule is CCCCCCCCCCCCc1ccc(Oc2ccc(O)cc2)cc1S(=O)(=O)O. The average Bonchev–Trinajstić information content (AvgIpc) is 2.71. The number of phenolic OH excluding ortho intramolecular Hbond substituents is 1. The highest BCUT2D eigenvalue weighted by molar-refractivity contribution is 7.85. The topological polar surface area (TPSA) is 83.8 Å². The van der Waals surface area contributed by atoms with E-state index in [2.05, 4.69) is 6.92 Å². The lowest BCUT2D eigenvalue weighted by atomic mass is 10.0. The summed E-state index contributed by atoms with van der Waals surface area (Å²) in [4.78, 5) is -0.102. The van der Waals surface area contributed by atoms with Gasteiger partial charge in [-0.1, -0.05) is 70.8 Å². The van der Waals surface area contributed by atoms with Gasteiger partial charge in [0.15, 0.2) is 0 Å². The third-order valence-electron chi connectivity index (χ3n) is 5.19. The molecular formula is C24H34O5S. The molecule has 166 valence electrons. The molecule has 5 nitrogen and oxygen atoms in total. The molecule has 0 aromatic heterocycles. The van der Waals surface area contributed by atoms with Gasteiger partial charge in [-0.25, -0.2) is 0 Å². The van der Waals surface area contributed by atoms with Crippen molar-refractivity contribution in [3.63, 3.8) is 0 Å². The third-order valence-corrected chi connectivity index (χ3v) is 6.12. The fourth-order valence-corrected chi connectivity index (χ4v) is 4.26. The van der Waals surface area contributed by atoms with Gasteiger partial charge in [0.05, 0.1) is 0 Å². The molecule has 6 heteroatoms. The largest absolute Gasteiger partial charge is 0.508 e. The summed E-state index contributed by atoms with van der Waals surface area (Å²) in [6.07, 6.45) is 12.7. The van der Waals surface area contributed by atoms with Crippen molar-refractivity contribution in [3.05, 3.63) is 48.0 Å². The molecule has 0 fully saturated rings. The molecule has 0 bridgehead atoms. The Morgan fingerprint density at radius 3 is 1.87 bits per heavy atom. The van der Waals surface area contributed by atoms with Gasteiger partial charge in [0, 0.05) is 6.07 Å². The van der Waals surface area contributed by atoms with Crippen molar-refractivity contribution in [2.24, 2.45) is 0 Å². The second kappa shape index (κ2) is 12.6. The standard InChI is InChI=1S/C24H34O5S/c1-2-3-4-5-6-7-8-9-10-11-12-20-13-16-23(19-24(20)30(26,27)28)29-22-17-14-21(25)15-18-22/h13-19,25H,2-12H2,1H3,(H,26,27,28). The number of phenols is 1. The van der Waals surface area contributed by atoms with E-state index in [1.807, 2.05) is 0 Å². The normalized spacial score (nSPS) is 11.5. The van der Waals surface area contributed by atoms with Gasteiger partial charge in [0.25, 0.3) is 10.1 Å². The van der Waals surface area contributed by atoms with Gasteiger partial charge in [0.1, 0.15) is 22.1 Å². The number of rotatable bonds is 14.